The maximum atomic E-state index is 12.3. The highest BCUT2D eigenvalue weighted by atomic mass is 35.5. The molecule has 0 heterocycles. The van der Waals surface area contributed by atoms with Crippen LogP contribution in [0.2, 0.25) is 5.02 Å². The van der Waals surface area contributed by atoms with Gasteiger partial charge in [0.15, 0.2) is 0 Å². The molecule has 1 unspecified atom stereocenters. The molecule has 0 aliphatic rings. The average Bonchev–Trinajstić information content (AvgIpc) is 2.38. The Balaban J connectivity index is 3.02. The minimum atomic E-state index is -3.65. The highest BCUT2D eigenvalue weighted by molar-refractivity contribution is 7.89. The van der Waals surface area contributed by atoms with Gasteiger partial charge in [-0.05, 0) is 31.0 Å². The zero-order valence-electron chi connectivity index (χ0n) is 12.4. The molecule has 1 aromatic rings. The summed E-state index contributed by atoms with van der Waals surface area (Å²) in [6.07, 6.45) is 0.366. The standard InChI is InChI=1S/C15H20ClNO3S/c1-11(2)12(3)17-21(19,20)15-8-7-13(10-14(15)16)6-4-5-9-18/h7-8,10-12,17-18H,5,9H2,1-3H3. The van der Waals surface area contributed by atoms with Gasteiger partial charge in [0.1, 0.15) is 4.90 Å². The van der Waals surface area contributed by atoms with Gasteiger partial charge in [-0.1, -0.05) is 37.3 Å². The number of rotatable bonds is 5. The Hall–Kier alpha value is -1.06. The first-order chi connectivity index (χ1) is 9.77. The molecule has 1 rings (SSSR count). The van der Waals surface area contributed by atoms with Crippen LogP contribution in [0.4, 0.5) is 0 Å². The first kappa shape index (κ1) is 18.0. The SMILES string of the molecule is CC(C)C(C)NS(=O)(=O)c1ccc(C#CCCO)cc1Cl. The van der Waals surface area contributed by atoms with Crippen molar-refractivity contribution in [1.29, 1.82) is 0 Å². The third kappa shape index (κ3) is 5.33. The molecule has 0 bridgehead atoms. The van der Waals surface area contributed by atoms with Crippen molar-refractivity contribution in [3.63, 3.8) is 0 Å². The Kier molecular flexibility index (Phi) is 6.69. The summed E-state index contributed by atoms with van der Waals surface area (Å²) in [4.78, 5) is 0.0457. The minimum Gasteiger partial charge on any atom is -0.395 e. The van der Waals surface area contributed by atoms with Gasteiger partial charge >= 0.3 is 0 Å². The van der Waals surface area contributed by atoms with Gasteiger partial charge in [0, 0.05) is 18.0 Å². The van der Waals surface area contributed by atoms with E-state index in [1.54, 1.807) is 6.07 Å². The Labute approximate surface area is 131 Å². The molecule has 0 radical (unpaired) electrons. The van der Waals surface area contributed by atoms with Crippen molar-refractivity contribution in [1.82, 2.24) is 4.72 Å². The Bertz CT molecular complexity index is 645. The van der Waals surface area contributed by atoms with Crippen LogP contribution in [0.1, 0.15) is 32.8 Å². The van der Waals surface area contributed by atoms with Gasteiger partial charge in [0.2, 0.25) is 10.0 Å². The van der Waals surface area contributed by atoms with E-state index in [0.29, 0.717) is 12.0 Å². The summed E-state index contributed by atoms with van der Waals surface area (Å²) < 4.78 is 27.2. The first-order valence-electron chi connectivity index (χ1n) is 6.69. The molecule has 21 heavy (non-hydrogen) atoms. The van der Waals surface area contributed by atoms with Crippen LogP contribution in [0.5, 0.6) is 0 Å². The molecule has 2 N–H and O–H groups in total. The van der Waals surface area contributed by atoms with Crippen LogP contribution in [0.3, 0.4) is 0 Å². The summed E-state index contributed by atoms with van der Waals surface area (Å²) in [7, 11) is -3.65. The molecule has 0 saturated heterocycles. The van der Waals surface area contributed by atoms with Crippen LogP contribution in [0, 0.1) is 17.8 Å². The number of benzene rings is 1. The third-order valence-electron chi connectivity index (χ3n) is 3.03. The molecule has 0 aliphatic carbocycles. The lowest BCUT2D eigenvalue weighted by atomic mass is 10.1. The molecule has 4 nitrogen and oxygen atoms in total. The van der Waals surface area contributed by atoms with E-state index in [4.69, 9.17) is 16.7 Å². The molecule has 0 spiro atoms. The van der Waals surface area contributed by atoms with E-state index < -0.39 is 10.0 Å². The van der Waals surface area contributed by atoms with E-state index in [1.807, 2.05) is 20.8 Å². The molecule has 0 fully saturated rings. The van der Waals surface area contributed by atoms with Gasteiger partial charge in [-0.25, -0.2) is 13.1 Å². The smallest absolute Gasteiger partial charge is 0.242 e. The van der Waals surface area contributed by atoms with Crippen molar-refractivity contribution in [2.24, 2.45) is 5.92 Å². The topological polar surface area (TPSA) is 66.4 Å². The van der Waals surface area contributed by atoms with E-state index >= 15 is 0 Å². The summed E-state index contributed by atoms with van der Waals surface area (Å²) in [6.45, 7) is 5.68. The highest BCUT2D eigenvalue weighted by Crippen LogP contribution is 2.23. The van der Waals surface area contributed by atoms with Gasteiger partial charge in [0.05, 0.1) is 11.6 Å². The van der Waals surface area contributed by atoms with E-state index in [2.05, 4.69) is 16.6 Å². The van der Waals surface area contributed by atoms with Gasteiger partial charge in [0.25, 0.3) is 0 Å². The molecule has 0 aromatic heterocycles. The summed E-state index contributed by atoms with van der Waals surface area (Å²) in [5, 5.41) is 8.80. The second-order valence-electron chi connectivity index (χ2n) is 5.07. The van der Waals surface area contributed by atoms with Crippen molar-refractivity contribution in [3.8, 4) is 11.8 Å². The Morgan fingerprint density at radius 1 is 1.33 bits per heavy atom. The van der Waals surface area contributed by atoms with Gasteiger partial charge in [-0.3, -0.25) is 0 Å². The van der Waals surface area contributed by atoms with Crippen LogP contribution >= 0.6 is 11.6 Å². The predicted molar refractivity (Wildman–Crippen MR) is 84.7 cm³/mol. The number of aliphatic hydroxyl groups excluding tert-OH is 1. The number of nitrogens with one attached hydrogen (secondary N) is 1. The van der Waals surface area contributed by atoms with E-state index in [9.17, 15) is 8.42 Å². The van der Waals surface area contributed by atoms with Crippen molar-refractivity contribution in [2.75, 3.05) is 6.61 Å². The number of sulfonamides is 1. The number of hydrogen-bond acceptors (Lipinski definition) is 3. The van der Waals surface area contributed by atoms with Gasteiger partial charge in [-0.15, -0.1) is 0 Å². The normalized spacial score (nSPS) is 12.9. The number of halogens is 1. The maximum absolute atomic E-state index is 12.3. The zero-order chi connectivity index (χ0) is 16.0. The second kappa shape index (κ2) is 7.81. The Morgan fingerprint density at radius 2 is 2.00 bits per heavy atom. The van der Waals surface area contributed by atoms with E-state index in [0.717, 1.165) is 0 Å². The van der Waals surface area contributed by atoms with E-state index in [1.165, 1.54) is 12.1 Å². The fourth-order valence-corrected chi connectivity index (χ4v) is 3.40. The second-order valence-corrected chi connectivity index (χ2v) is 7.16. The van der Waals surface area contributed by atoms with Gasteiger partial charge in [-0.2, -0.15) is 0 Å². The fraction of sp³-hybridized carbons (Fsp3) is 0.467. The molecular weight excluding hydrogens is 310 g/mol. The number of hydrogen-bond donors (Lipinski definition) is 2. The van der Waals surface area contributed by atoms with Crippen molar-refractivity contribution in [2.45, 2.75) is 38.1 Å². The summed E-state index contributed by atoms with van der Waals surface area (Å²) >= 11 is 6.05. The largest absolute Gasteiger partial charge is 0.395 e. The minimum absolute atomic E-state index is 0.00972. The molecule has 6 heteroatoms. The highest BCUT2D eigenvalue weighted by Gasteiger charge is 2.21. The van der Waals surface area contributed by atoms with Crippen molar-refractivity contribution < 1.29 is 13.5 Å². The molecule has 116 valence electrons. The predicted octanol–water partition coefficient (Wildman–Crippen LogP) is 2.40. The Morgan fingerprint density at radius 3 is 2.52 bits per heavy atom. The monoisotopic (exact) mass is 329 g/mol. The first-order valence-corrected chi connectivity index (χ1v) is 8.55. The quantitative estimate of drug-likeness (QED) is 0.815. The van der Waals surface area contributed by atoms with Gasteiger partial charge < -0.3 is 5.11 Å². The molecule has 1 aromatic carbocycles. The van der Waals surface area contributed by atoms with Crippen molar-refractivity contribution in [3.05, 3.63) is 28.8 Å². The lowest BCUT2D eigenvalue weighted by Crippen LogP contribution is -2.36. The van der Waals surface area contributed by atoms with Crippen LogP contribution < -0.4 is 4.72 Å². The zero-order valence-corrected chi connectivity index (χ0v) is 13.9. The maximum Gasteiger partial charge on any atom is 0.242 e. The average molecular weight is 330 g/mol. The molecular formula is C15H20ClNO3S. The molecule has 1 atom stereocenters. The fourth-order valence-electron chi connectivity index (χ4n) is 1.46. The van der Waals surface area contributed by atoms with Crippen LogP contribution in [-0.4, -0.2) is 26.2 Å². The summed E-state index contributed by atoms with van der Waals surface area (Å²) in [5.74, 6) is 5.76. The lowest BCUT2D eigenvalue weighted by Gasteiger charge is -2.18. The van der Waals surface area contributed by atoms with Crippen LogP contribution in [0.15, 0.2) is 23.1 Å². The lowest BCUT2D eigenvalue weighted by molar-refractivity contribution is 0.305. The van der Waals surface area contributed by atoms with Crippen LogP contribution in [0.25, 0.3) is 0 Å². The third-order valence-corrected chi connectivity index (χ3v) is 5.07. The molecule has 0 saturated carbocycles. The summed E-state index contributed by atoms with van der Waals surface area (Å²) in [5.41, 5.74) is 0.615. The molecule has 0 amide bonds. The van der Waals surface area contributed by atoms with Crippen molar-refractivity contribution >= 4 is 21.6 Å². The summed E-state index contributed by atoms with van der Waals surface area (Å²) in [6, 6.07) is 4.38. The number of aliphatic hydroxyl groups is 1. The van der Waals surface area contributed by atoms with E-state index in [-0.39, 0.29) is 28.5 Å². The molecule has 0 aliphatic heterocycles. The van der Waals surface area contributed by atoms with Crippen LogP contribution in [-0.2, 0) is 10.0 Å².